The maximum Gasteiger partial charge on any atom is 0.105 e. The number of rotatable bonds is 3. The SMILES string of the molecule is N#C[C@@H](CN)Cc1ccco1. The maximum atomic E-state index is 8.55. The summed E-state index contributed by atoms with van der Waals surface area (Å²) in [5.74, 6) is 0.697. The van der Waals surface area contributed by atoms with Gasteiger partial charge < -0.3 is 10.2 Å². The molecule has 11 heavy (non-hydrogen) atoms. The first-order valence-electron chi connectivity index (χ1n) is 3.49. The minimum atomic E-state index is -0.124. The normalized spacial score (nSPS) is 12.4. The molecule has 0 aromatic carbocycles. The van der Waals surface area contributed by atoms with Crippen LogP contribution in [0.15, 0.2) is 22.8 Å². The first kappa shape index (κ1) is 7.83. The zero-order chi connectivity index (χ0) is 8.10. The number of hydrogen-bond acceptors (Lipinski definition) is 3. The van der Waals surface area contributed by atoms with E-state index in [0.717, 1.165) is 5.76 Å². The van der Waals surface area contributed by atoms with Crippen molar-refractivity contribution < 1.29 is 4.42 Å². The topological polar surface area (TPSA) is 63.0 Å². The van der Waals surface area contributed by atoms with Crippen molar-refractivity contribution in [2.24, 2.45) is 11.7 Å². The van der Waals surface area contributed by atoms with Crippen LogP contribution < -0.4 is 5.73 Å². The van der Waals surface area contributed by atoms with E-state index in [0.29, 0.717) is 13.0 Å². The molecular formula is C8H10N2O. The van der Waals surface area contributed by atoms with Gasteiger partial charge in [0.15, 0.2) is 0 Å². The summed E-state index contributed by atoms with van der Waals surface area (Å²) in [5, 5.41) is 8.55. The minimum absolute atomic E-state index is 0.124. The molecule has 3 heteroatoms. The summed E-state index contributed by atoms with van der Waals surface area (Å²) in [6.45, 7) is 0.386. The van der Waals surface area contributed by atoms with Crippen LogP contribution in [0.5, 0.6) is 0 Å². The molecule has 0 bridgehead atoms. The Bertz CT molecular complexity index is 235. The highest BCUT2D eigenvalue weighted by molar-refractivity contribution is 5.02. The fraction of sp³-hybridized carbons (Fsp3) is 0.375. The second-order valence-electron chi connectivity index (χ2n) is 2.35. The van der Waals surface area contributed by atoms with E-state index in [2.05, 4.69) is 6.07 Å². The summed E-state index contributed by atoms with van der Waals surface area (Å²) in [6, 6.07) is 5.76. The van der Waals surface area contributed by atoms with Crippen LogP contribution in [0.4, 0.5) is 0 Å². The van der Waals surface area contributed by atoms with Gasteiger partial charge in [0, 0.05) is 13.0 Å². The zero-order valence-electron chi connectivity index (χ0n) is 6.16. The van der Waals surface area contributed by atoms with Gasteiger partial charge in [-0.15, -0.1) is 0 Å². The van der Waals surface area contributed by atoms with Gasteiger partial charge in [0.1, 0.15) is 5.76 Å². The van der Waals surface area contributed by atoms with E-state index in [-0.39, 0.29) is 5.92 Å². The van der Waals surface area contributed by atoms with Gasteiger partial charge in [-0.2, -0.15) is 5.26 Å². The van der Waals surface area contributed by atoms with Crippen molar-refractivity contribution in [1.82, 2.24) is 0 Å². The van der Waals surface area contributed by atoms with E-state index < -0.39 is 0 Å². The van der Waals surface area contributed by atoms with Gasteiger partial charge in [-0.25, -0.2) is 0 Å². The van der Waals surface area contributed by atoms with E-state index in [1.807, 2.05) is 6.07 Å². The summed E-state index contributed by atoms with van der Waals surface area (Å²) in [6.07, 6.45) is 2.21. The quantitative estimate of drug-likeness (QED) is 0.696. The van der Waals surface area contributed by atoms with E-state index >= 15 is 0 Å². The smallest absolute Gasteiger partial charge is 0.105 e. The zero-order valence-corrected chi connectivity index (χ0v) is 6.16. The lowest BCUT2D eigenvalue weighted by Gasteiger charge is -2.00. The van der Waals surface area contributed by atoms with Crippen LogP contribution in [0.3, 0.4) is 0 Å². The van der Waals surface area contributed by atoms with E-state index in [4.69, 9.17) is 15.4 Å². The number of nitrogens with two attached hydrogens (primary N) is 1. The second-order valence-corrected chi connectivity index (χ2v) is 2.35. The van der Waals surface area contributed by atoms with Gasteiger partial charge in [0.05, 0.1) is 18.3 Å². The van der Waals surface area contributed by atoms with Crippen LogP contribution in [0.1, 0.15) is 5.76 Å². The van der Waals surface area contributed by atoms with Crippen LogP contribution in [-0.4, -0.2) is 6.54 Å². The Morgan fingerprint density at radius 2 is 2.55 bits per heavy atom. The van der Waals surface area contributed by atoms with Crippen LogP contribution in [0.2, 0.25) is 0 Å². The number of nitrogens with zero attached hydrogens (tertiary/aromatic N) is 1. The van der Waals surface area contributed by atoms with Crippen LogP contribution in [-0.2, 0) is 6.42 Å². The molecule has 1 atom stereocenters. The van der Waals surface area contributed by atoms with Crippen molar-refractivity contribution in [3.05, 3.63) is 24.2 Å². The van der Waals surface area contributed by atoms with Gasteiger partial charge in [0.25, 0.3) is 0 Å². The molecule has 58 valence electrons. The Morgan fingerprint density at radius 1 is 1.73 bits per heavy atom. The van der Waals surface area contributed by atoms with Gasteiger partial charge >= 0.3 is 0 Å². The Morgan fingerprint density at radius 3 is 3.00 bits per heavy atom. The Hall–Kier alpha value is -1.27. The summed E-state index contributed by atoms with van der Waals surface area (Å²) < 4.78 is 5.06. The van der Waals surface area contributed by atoms with Gasteiger partial charge in [0.2, 0.25) is 0 Å². The van der Waals surface area contributed by atoms with Gasteiger partial charge in [-0.05, 0) is 12.1 Å². The van der Waals surface area contributed by atoms with Crippen molar-refractivity contribution in [3.8, 4) is 6.07 Å². The average molecular weight is 150 g/mol. The van der Waals surface area contributed by atoms with Crippen LogP contribution in [0.25, 0.3) is 0 Å². The third kappa shape index (κ3) is 2.10. The first-order valence-corrected chi connectivity index (χ1v) is 3.49. The minimum Gasteiger partial charge on any atom is -0.469 e. The summed E-state index contributed by atoms with van der Waals surface area (Å²) in [5.41, 5.74) is 5.34. The Labute approximate surface area is 65.4 Å². The molecule has 0 fully saturated rings. The third-order valence-corrected chi connectivity index (χ3v) is 1.49. The molecule has 0 spiro atoms. The molecule has 0 aliphatic heterocycles. The molecule has 0 radical (unpaired) electrons. The van der Waals surface area contributed by atoms with E-state index in [9.17, 15) is 0 Å². The van der Waals surface area contributed by atoms with E-state index in [1.165, 1.54) is 0 Å². The number of furan rings is 1. The lowest BCUT2D eigenvalue weighted by molar-refractivity contribution is 0.481. The van der Waals surface area contributed by atoms with Crippen LogP contribution in [0, 0.1) is 17.2 Å². The summed E-state index contributed by atoms with van der Waals surface area (Å²) in [7, 11) is 0. The van der Waals surface area contributed by atoms with Crippen molar-refractivity contribution in [2.75, 3.05) is 6.54 Å². The Kier molecular flexibility index (Phi) is 2.70. The Balaban J connectivity index is 2.49. The molecule has 3 nitrogen and oxygen atoms in total. The molecule has 1 rings (SSSR count). The molecule has 2 N–H and O–H groups in total. The van der Waals surface area contributed by atoms with Crippen molar-refractivity contribution in [3.63, 3.8) is 0 Å². The van der Waals surface area contributed by atoms with Crippen molar-refractivity contribution >= 4 is 0 Å². The molecule has 1 aromatic heterocycles. The summed E-state index contributed by atoms with van der Waals surface area (Å²) in [4.78, 5) is 0. The fourth-order valence-electron chi connectivity index (χ4n) is 0.853. The largest absolute Gasteiger partial charge is 0.469 e. The number of nitriles is 1. The third-order valence-electron chi connectivity index (χ3n) is 1.49. The highest BCUT2D eigenvalue weighted by Crippen LogP contribution is 2.07. The molecule has 1 aromatic rings. The fourth-order valence-corrected chi connectivity index (χ4v) is 0.853. The highest BCUT2D eigenvalue weighted by atomic mass is 16.3. The predicted octanol–water partition coefficient (Wildman–Crippen LogP) is 0.921. The molecule has 0 aliphatic carbocycles. The monoisotopic (exact) mass is 150 g/mol. The second kappa shape index (κ2) is 3.79. The average Bonchev–Trinajstić information content (AvgIpc) is 2.52. The molecule has 0 saturated heterocycles. The predicted molar refractivity (Wildman–Crippen MR) is 40.6 cm³/mol. The molecule has 1 heterocycles. The lowest BCUT2D eigenvalue weighted by atomic mass is 10.1. The molecule has 0 aliphatic rings. The van der Waals surface area contributed by atoms with Crippen molar-refractivity contribution in [2.45, 2.75) is 6.42 Å². The molecular weight excluding hydrogens is 140 g/mol. The van der Waals surface area contributed by atoms with Gasteiger partial charge in [-0.1, -0.05) is 0 Å². The number of hydrogen-bond donors (Lipinski definition) is 1. The molecule has 0 amide bonds. The van der Waals surface area contributed by atoms with Crippen molar-refractivity contribution in [1.29, 1.82) is 5.26 Å². The molecule has 0 unspecified atom stereocenters. The summed E-state index contributed by atoms with van der Waals surface area (Å²) >= 11 is 0. The highest BCUT2D eigenvalue weighted by Gasteiger charge is 2.06. The maximum absolute atomic E-state index is 8.55. The molecule has 0 saturated carbocycles. The first-order chi connectivity index (χ1) is 5.36. The van der Waals surface area contributed by atoms with E-state index in [1.54, 1.807) is 12.3 Å². The standard InChI is InChI=1S/C8H10N2O/c9-5-7(6-10)4-8-2-1-3-11-8/h1-3,7H,4-5,9H2/t7-/m1/s1. The lowest BCUT2D eigenvalue weighted by Crippen LogP contribution is -2.14. The van der Waals surface area contributed by atoms with Crippen LogP contribution >= 0.6 is 0 Å². The van der Waals surface area contributed by atoms with Gasteiger partial charge in [-0.3, -0.25) is 0 Å².